The fraction of sp³-hybridized carbons (Fsp3) is 0.296. The van der Waals surface area contributed by atoms with Gasteiger partial charge in [0.15, 0.2) is 5.60 Å². The van der Waals surface area contributed by atoms with Crippen LogP contribution in [0.2, 0.25) is 5.02 Å². The van der Waals surface area contributed by atoms with Crippen LogP contribution in [0.4, 0.5) is 13.2 Å². The molecule has 0 bridgehead atoms. The van der Waals surface area contributed by atoms with E-state index in [0.29, 0.717) is 23.2 Å². The van der Waals surface area contributed by atoms with Gasteiger partial charge in [-0.2, -0.15) is 18.4 Å². The number of halogens is 4. The molecule has 188 valence electrons. The summed E-state index contributed by atoms with van der Waals surface area (Å²) in [5, 5.41) is 12.9. The zero-order valence-corrected chi connectivity index (χ0v) is 20.7. The number of nitrogens with zero attached hydrogens (tertiary/aromatic N) is 2. The quantitative estimate of drug-likeness (QED) is 0.382. The lowest BCUT2D eigenvalue weighted by molar-refractivity contribution is -0.138. The molecule has 0 aliphatic rings. The number of ether oxygens (including phenoxy) is 1. The van der Waals surface area contributed by atoms with Crippen molar-refractivity contribution in [2.45, 2.75) is 50.9 Å². The van der Waals surface area contributed by atoms with E-state index in [1.807, 2.05) is 25.1 Å². The molecule has 2 aromatic carbocycles. The summed E-state index contributed by atoms with van der Waals surface area (Å²) in [5.41, 5.74) is 0.0529. The lowest BCUT2D eigenvalue weighted by Crippen LogP contribution is -2.51. The van der Waals surface area contributed by atoms with E-state index in [1.165, 1.54) is 13.8 Å². The van der Waals surface area contributed by atoms with Crippen LogP contribution in [0.3, 0.4) is 0 Å². The van der Waals surface area contributed by atoms with Gasteiger partial charge in [-0.3, -0.25) is 4.79 Å². The summed E-state index contributed by atoms with van der Waals surface area (Å²) in [6, 6.07) is 18.3. The highest BCUT2D eigenvalue weighted by Crippen LogP contribution is 2.30. The topological polar surface area (TPSA) is 75.0 Å². The number of alkyl halides is 3. The lowest BCUT2D eigenvalue weighted by atomic mass is 9.85. The molecule has 0 radical (unpaired) electrons. The molecular weight excluding hydrogens is 490 g/mol. The van der Waals surface area contributed by atoms with Crippen LogP contribution >= 0.6 is 11.6 Å². The second-order valence-electron chi connectivity index (χ2n) is 8.93. The Labute approximate surface area is 212 Å². The maximum atomic E-state index is 13.1. The Balaban J connectivity index is 1.79. The number of benzene rings is 2. The molecule has 36 heavy (non-hydrogen) atoms. The van der Waals surface area contributed by atoms with Gasteiger partial charge in [0.25, 0.3) is 5.91 Å². The fourth-order valence-electron chi connectivity index (χ4n) is 3.69. The second kappa shape index (κ2) is 11.0. The highest BCUT2D eigenvalue weighted by molar-refractivity contribution is 6.30. The Kier molecular flexibility index (Phi) is 8.26. The molecule has 0 spiro atoms. The van der Waals surface area contributed by atoms with E-state index in [1.54, 1.807) is 30.3 Å². The van der Waals surface area contributed by atoms with Gasteiger partial charge in [-0.1, -0.05) is 35.9 Å². The predicted octanol–water partition coefficient (Wildman–Crippen LogP) is 6.31. The van der Waals surface area contributed by atoms with Crippen LogP contribution in [0.5, 0.6) is 5.88 Å². The van der Waals surface area contributed by atoms with Gasteiger partial charge in [-0.05, 0) is 68.7 Å². The number of nitriles is 1. The van der Waals surface area contributed by atoms with Crippen molar-refractivity contribution in [3.8, 4) is 11.9 Å². The molecule has 0 saturated carbocycles. The molecule has 0 fully saturated rings. The summed E-state index contributed by atoms with van der Waals surface area (Å²) in [6.07, 6.45) is -3.29. The SMILES string of the molecule is CC(NC(=O)C(C)(C)Oc1ccc(C(F)(F)[18F])cn1)C(Cc1ccc(Cl)cc1)c1cccc(C#N)c1. The van der Waals surface area contributed by atoms with Crippen LogP contribution in [0.25, 0.3) is 0 Å². The van der Waals surface area contributed by atoms with Crippen LogP contribution in [0, 0.1) is 11.3 Å². The summed E-state index contributed by atoms with van der Waals surface area (Å²) in [6.45, 7) is 4.88. The molecule has 1 heterocycles. The van der Waals surface area contributed by atoms with Crippen LogP contribution in [-0.4, -0.2) is 22.5 Å². The Hall–Kier alpha value is -3.57. The Bertz CT molecular complexity index is 1240. The molecular formula is C27H25ClF3N3O2. The van der Waals surface area contributed by atoms with Crippen molar-refractivity contribution in [1.82, 2.24) is 10.3 Å². The van der Waals surface area contributed by atoms with E-state index in [2.05, 4.69) is 16.4 Å². The molecule has 0 saturated heterocycles. The van der Waals surface area contributed by atoms with Crippen molar-refractivity contribution < 1.29 is 22.7 Å². The highest BCUT2D eigenvalue weighted by atomic mass is 35.5. The number of rotatable bonds is 8. The summed E-state index contributed by atoms with van der Waals surface area (Å²) < 4.78 is 44.0. The first-order valence-corrected chi connectivity index (χ1v) is 11.5. The van der Waals surface area contributed by atoms with Crippen molar-refractivity contribution in [3.05, 3.63) is 94.1 Å². The number of aromatic nitrogens is 1. The van der Waals surface area contributed by atoms with Crippen LogP contribution in [0.15, 0.2) is 66.9 Å². The van der Waals surface area contributed by atoms with E-state index in [4.69, 9.17) is 16.3 Å². The third kappa shape index (κ3) is 6.98. The molecule has 0 aliphatic carbocycles. The fourth-order valence-corrected chi connectivity index (χ4v) is 3.82. The van der Waals surface area contributed by atoms with Crippen LogP contribution in [0.1, 0.15) is 48.9 Å². The zero-order chi connectivity index (χ0) is 26.5. The van der Waals surface area contributed by atoms with Gasteiger partial charge in [0.1, 0.15) is 0 Å². The number of carbonyl (C=O) groups excluding carboxylic acids is 1. The van der Waals surface area contributed by atoms with Gasteiger partial charge in [0, 0.05) is 29.2 Å². The summed E-state index contributed by atoms with van der Waals surface area (Å²) in [5.74, 6) is -0.757. The Morgan fingerprint density at radius 2 is 1.83 bits per heavy atom. The van der Waals surface area contributed by atoms with Crippen molar-refractivity contribution >= 4 is 17.5 Å². The number of hydrogen-bond donors (Lipinski definition) is 1. The smallest absolute Gasteiger partial charge is 0.417 e. The maximum absolute atomic E-state index is 13.1. The molecule has 1 amide bonds. The molecule has 9 heteroatoms. The van der Waals surface area contributed by atoms with Crippen molar-refractivity contribution in [1.29, 1.82) is 5.26 Å². The average molecular weight is 515 g/mol. The molecule has 1 aromatic heterocycles. The van der Waals surface area contributed by atoms with Gasteiger partial charge in [-0.25, -0.2) is 4.98 Å². The molecule has 2 atom stereocenters. The van der Waals surface area contributed by atoms with Crippen molar-refractivity contribution in [2.75, 3.05) is 0 Å². The molecule has 5 nitrogen and oxygen atoms in total. The zero-order valence-electron chi connectivity index (χ0n) is 19.9. The van der Waals surface area contributed by atoms with E-state index in [-0.39, 0.29) is 17.8 Å². The lowest BCUT2D eigenvalue weighted by Gasteiger charge is -2.30. The summed E-state index contributed by atoms with van der Waals surface area (Å²) >= 11 is 6.02. The number of carbonyl (C=O) groups is 1. The van der Waals surface area contributed by atoms with Gasteiger partial charge in [0.2, 0.25) is 5.88 Å². The summed E-state index contributed by atoms with van der Waals surface area (Å²) in [4.78, 5) is 16.8. The highest BCUT2D eigenvalue weighted by Gasteiger charge is 2.34. The molecule has 3 aromatic rings. The number of pyridine rings is 1. The van der Waals surface area contributed by atoms with Crippen LogP contribution < -0.4 is 10.1 Å². The molecule has 3 rings (SSSR count). The second-order valence-corrected chi connectivity index (χ2v) is 9.37. The number of hydrogen-bond acceptors (Lipinski definition) is 4. The van der Waals surface area contributed by atoms with E-state index in [0.717, 1.165) is 23.3 Å². The minimum absolute atomic E-state index is 0.102. The third-order valence-electron chi connectivity index (χ3n) is 5.75. The van der Waals surface area contributed by atoms with Gasteiger partial charge < -0.3 is 10.1 Å². The van der Waals surface area contributed by atoms with Crippen molar-refractivity contribution in [3.63, 3.8) is 0 Å². The molecule has 2 unspecified atom stereocenters. The average Bonchev–Trinajstić information content (AvgIpc) is 2.83. The predicted molar refractivity (Wildman–Crippen MR) is 131 cm³/mol. The monoisotopic (exact) mass is 514 g/mol. The standard InChI is InChI=1S/C27H25ClF3N3O2/c1-17(34-25(35)26(2,3)36-24-12-9-21(16-33-24)27(29,30)31)23(14-18-7-10-22(28)11-8-18)20-6-4-5-19(13-20)15-32/h4-13,16-17,23H,14H2,1-3H3,(H,34,35)/i29-1. The Morgan fingerprint density at radius 1 is 1.14 bits per heavy atom. The van der Waals surface area contributed by atoms with Crippen molar-refractivity contribution in [2.24, 2.45) is 0 Å². The van der Waals surface area contributed by atoms with Gasteiger partial charge in [0.05, 0.1) is 17.2 Å². The molecule has 0 aliphatic heterocycles. The number of nitrogens with one attached hydrogen (secondary N) is 1. The largest absolute Gasteiger partial charge is 0.462 e. The first-order valence-electron chi connectivity index (χ1n) is 11.2. The minimum atomic E-state index is -4.52. The van der Waals surface area contributed by atoms with E-state index < -0.39 is 23.2 Å². The van der Waals surface area contributed by atoms with Gasteiger partial charge >= 0.3 is 6.18 Å². The first-order chi connectivity index (χ1) is 16.9. The van der Waals surface area contributed by atoms with E-state index in [9.17, 15) is 23.2 Å². The summed E-state index contributed by atoms with van der Waals surface area (Å²) in [7, 11) is 0. The van der Waals surface area contributed by atoms with E-state index >= 15 is 0 Å². The van der Waals surface area contributed by atoms with Gasteiger partial charge in [-0.15, -0.1) is 0 Å². The first kappa shape index (κ1) is 27.0. The Morgan fingerprint density at radius 3 is 2.42 bits per heavy atom. The normalized spacial score (nSPS) is 13.4. The minimum Gasteiger partial charge on any atom is -0.462 e. The third-order valence-corrected chi connectivity index (χ3v) is 6.00. The number of amides is 1. The molecule has 1 N–H and O–H groups in total. The maximum Gasteiger partial charge on any atom is 0.417 e. The van der Waals surface area contributed by atoms with Crippen LogP contribution in [-0.2, 0) is 17.4 Å².